The number of carbonyl (C=O) groups excluding carboxylic acids is 1. The number of aliphatic hydroxyl groups is 1. The molecule has 0 saturated carbocycles. The summed E-state index contributed by atoms with van der Waals surface area (Å²) in [5.74, 6) is -0.221. The highest BCUT2D eigenvalue weighted by Gasteiger charge is 2.11. The Morgan fingerprint density at radius 2 is 1.77 bits per heavy atom. The summed E-state index contributed by atoms with van der Waals surface area (Å²) < 4.78 is 18.1. The van der Waals surface area contributed by atoms with Crippen LogP contribution in [0.5, 0.6) is 5.75 Å². The molecule has 1 unspecified atom stereocenters. The van der Waals surface area contributed by atoms with Crippen molar-refractivity contribution < 1.29 is 19.0 Å². The fourth-order valence-corrected chi connectivity index (χ4v) is 2.78. The van der Waals surface area contributed by atoms with Gasteiger partial charge in [-0.25, -0.2) is 4.39 Å². The second-order valence-electron chi connectivity index (χ2n) is 5.97. The van der Waals surface area contributed by atoms with E-state index in [2.05, 4.69) is 5.32 Å². The van der Waals surface area contributed by atoms with Crippen LogP contribution in [0.3, 0.4) is 0 Å². The van der Waals surface area contributed by atoms with Gasteiger partial charge < -0.3 is 15.2 Å². The Morgan fingerprint density at radius 1 is 1.04 bits per heavy atom. The number of benzene rings is 3. The van der Waals surface area contributed by atoms with Gasteiger partial charge in [-0.1, -0.05) is 42.5 Å². The van der Waals surface area contributed by atoms with Gasteiger partial charge in [-0.2, -0.15) is 0 Å². The molecule has 0 radical (unpaired) electrons. The van der Waals surface area contributed by atoms with E-state index in [1.165, 1.54) is 24.3 Å². The van der Waals surface area contributed by atoms with Gasteiger partial charge in [0.05, 0.1) is 6.10 Å². The predicted octanol–water partition coefficient (Wildman–Crippen LogP) is 3.60. The van der Waals surface area contributed by atoms with E-state index in [1.807, 2.05) is 42.5 Å². The third kappa shape index (κ3) is 4.58. The van der Waals surface area contributed by atoms with Gasteiger partial charge in [0, 0.05) is 6.54 Å². The van der Waals surface area contributed by atoms with Crippen LogP contribution in [0.2, 0.25) is 0 Å². The van der Waals surface area contributed by atoms with Crippen molar-refractivity contribution in [3.63, 3.8) is 0 Å². The molecule has 0 aliphatic heterocycles. The lowest BCUT2D eigenvalue weighted by Gasteiger charge is -2.14. The van der Waals surface area contributed by atoms with Crippen LogP contribution in [-0.4, -0.2) is 24.2 Å². The van der Waals surface area contributed by atoms with Gasteiger partial charge in [0.1, 0.15) is 11.6 Å². The lowest BCUT2D eigenvalue weighted by molar-refractivity contribution is -0.123. The molecule has 0 saturated heterocycles. The molecule has 0 aliphatic rings. The highest BCUT2D eigenvalue weighted by molar-refractivity contribution is 5.86. The van der Waals surface area contributed by atoms with Crippen molar-refractivity contribution in [2.45, 2.75) is 12.5 Å². The Kier molecular flexibility index (Phi) is 5.81. The van der Waals surface area contributed by atoms with Crippen molar-refractivity contribution >= 4 is 16.7 Å². The van der Waals surface area contributed by atoms with Gasteiger partial charge in [0.25, 0.3) is 5.91 Å². The quantitative estimate of drug-likeness (QED) is 0.682. The molecule has 4 nitrogen and oxygen atoms in total. The van der Waals surface area contributed by atoms with Crippen LogP contribution in [0.4, 0.5) is 4.39 Å². The highest BCUT2D eigenvalue weighted by atomic mass is 19.1. The summed E-state index contributed by atoms with van der Waals surface area (Å²) in [6, 6.07) is 19.2. The van der Waals surface area contributed by atoms with E-state index < -0.39 is 6.10 Å². The summed E-state index contributed by atoms with van der Waals surface area (Å²) in [6.45, 7) is 0.173. The summed E-state index contributed by atoms with van der Waals surface area (Å²) in [6.07, 6.45) is -0.268. The summed E-state index contributed by atoms with van der Waals surface area (Å²) >= 11 is 0. The van der Waals surface area contributed by atoms with Crippen LogP contribution in [0.1, 0.15) is 18.1 Å². The summed E-state index contributed by atoms with van der Waals surface area (Å²) in [4.78, 5) is 11.8. The standard InChI is InChI=1S/C21H20FNO3/c22-16-8-10-17(11-9-16)26-14-21(25)23-13-12-20(24)19-7-3-5-15-4-1-2-6-18(15)19/h1-11,20,24H,12-14H2,(H,23,25). The number of fused-ring (bicyclic) bond motifs is 1. The number of ether oxygens (including phenoxy) is 1. The lowest BCUT2D eigenvalue weighted by atomic mass is 9.99. The number of hydrogen-bond donors (Lipinski definition) is 2. The average molecular weight is 353 g/mol. The Balaban J connectivity index is 1.47. The van der Waals surface area contributed by atoms with Gasteiger partial charge in [-0.15, -0.1) is 0 Å². The van der Waals surface area contributed by atoms with Crippen molar-refractivity contribution in [2.75, 3.05) is 13.2 Å². The minimum atomic E-state index is -0.667. The van der Waals surface area contributed by atoms with Crippen molar-refractivity contribution in [1.82, 2.24) is 5.32 Å². The first kappa shape index (κ1) is 17.9. The first-order chi connectivity index (χ1) is 12.6. The Labute approximate surface area is 151 Å². The molecule has 0 spiro atoms. The second kappa shape index (κ2) is 8.45. The predicted molar refractivity (Wildman–Crippen MR) is 98.4 cm³/mol. The lowest BCUT2D eigenvalue weighted by Crippen LogP contribution is -2.30. The summed E-state index contributed by atoms with van der Waals surface area (Å²) in [5.41, 5.74) is 0.847. The first-order valence-corrected chi connectivity index (χ1v) is 8.44. The van der Waals surface area contributed by atoms with E-state index in [0.717, 1.165) is 16.3 Å². The van der Waals surface area contributed by atoms with E-state index in [1.54, 1.807) is 0 Å². The number of carbonyl (C=O) groups is 1. The third-order valence-corrected chi connectivity index (χ3v) is 4.11. The minimum absolute atomic E-state index is 0.157. The molecule has 3 aromatic carbocycles. The van der Waals surface area contributed by atoms with Crippen molar-refractivity contribution in [2.24, 2.45) is 0 Å². The monoisotopic (exact) mass is 353 g/mol. The molecule has 5 heteroatoms. The zero-order valence-electron chi connectivity index (χ0n) is 14.2. The molecule has 1 atom stereocenters. The SMILES string of the molecule is O=C(COc1ccc(F)cc1)NCCC(O)c1cccc2ccccc12. The van der Waals surface area contributed by atoms with Crippen LogP contribution < -0.4 is 10.1 Å². The molecule has 0 bridgehead atoms. The van der Waals surface area contributed by atoms with Crippen LogP contribution in [0.15, 0.2) is 66.7 Å². The molecule has 0 aromatic heterocycles. The van der Waals surface area contributed by atoms with Crippen LogP contribution in [0, 0.1) is 5.82 Å². The maximum Gasteiger partial charge on any atom is 0.257 e. The van der Waals surface area contributed by atoms with Crippen LogP contribution >= 0.6 is 0 Å². The topological polar surface area (TPSA) is 58.6 Å². The van der Waals surface area contributed by atoms with Crippen LogP contribution in [-0.2, 0) is 4.79 Å². The van der Waals surface area contributed by atoms with E-state index in [9.17, 15) is 14.3 Å². The molecule has 2 N–H and O–H groups in total. The molecule has 1 amide bonds. The Hall–Kier alpha value is -2.92. The zero-order valence-corrected chi connectivity index (χ0v) is 14.2. The normalized spacial score (nSPS) is 11.9. The van der Waals surface area contributed by atoms with E-state index >= 15 is 0 Å². The first-order valence-electron chi connectivity index (χ1n) is 8.44. The number of aliphatic hydroxyl groups excluding tert-OH is 1. The number of rotatable bonds is 7. The maximum atomic E-state index is 12.8. The maximum absolute atomic E-state index is 12.8. The molecular formula is C21H20FNO3. The second-order valence-corrected chi connectivity index (χ2v) is 5.97. The number of amides is 1. The van der Waals surface area contributed by atoms with Crippen molar-refractivity contribution in [1.29, 1.82) is 0 Å². The highest BCUT2D eigenvalue weighted by Crippen LogP contribution is 2.25. The summed E-state index contributed by atoms with van der Waals surface area (Å²) in [7, 11) is 0. The largest absolute Gasteiger partial charge is 0.484 e. The molecule has 3 rings (SSSR count). The van der Waals surface area contributed by atoms with Gasteiger partial charge >= 0.3 is 0 Å². The van der Waals surface area contributed by atoms with E-state index in [-0.39, 0.29) is 18.3 Å². The van der Waals surface area contributed by atoms with E-state index in [0.29, 0.717) is 18.7 Å². The Bertz CT molecular complexity index is 875. The fraction of sp³-hybridized carbons (Fsp3) is 0.190. The molecule has 26 heavy (non-hydrogen) atoms. The fourth-order valence-electron chi connectivity index (χ4n) is 2.78. The van der Waals surface area contributed by atoms with Gasteiger partial charge in [0.2, 0.25) is 0 Å². The average Bonchev–Trinajstić information content (AvgIpc) is 2.67. The Morgan fingerprint density at radius 3 is 2.58 bits per heavy atom. The molecule has 0 fully saturated rings. The molecular weight excluding hydrogens is 333 g/mol. The van der Waals surface area contributed by atoms with Gasteiger partial charge in [-0.3, -0.25) is 4.79 Å². The van der Waals surface area contributed by atoms with Crippen molar-refractivity contribution in [3.05, 3.63) is 78.1 Å². The smallest absolute Gasteiger partial charge is 0.257 e. The summed E-state index contributed by atoms with van der Waals surface area (Å²) in [5, 5.41) is 15.2. The van der Waals surface area contributed by atoms with E-state index in [4.69, 9.17) is 4.74 Å². The molecule has 0 heterocycles. The van der Waals surface area contributed by atoms with Crippen molar-refractivity contribution in [3.8, 4) is 5.75 Å². The van der Waals surface area contributed by atoms with Gasteiger partial charge in [-0.05, 0) is 47.0 Å². The van der Waals surface area contributed by atoms with Gasteiger partial charge in [0.15, 0.2) is 6.61 Å². The zero-order chi connectivity index (χ0) is 18.4. The minimum Gasteiger partial charge on any atom is -0.484 e. The molecule has 134 valence electrons. The molecule has 0 aliphatic carbocycles. The number of halogens is 1. The van der Waals surface area contributed by atoms with Crippen LogP contribution in [0.25, 0.3) is 10.8 Å². The number of nitrogens with one attached hydrogen (secondary N) is 1. The third-order valence-electron chi connectivity index (χ3n) is 4.11. The molecule has 3 aromatic rings. The number of hydrogen-bond acceptors (Lipinski definition) is 3.